The van der Waals surface area contributed by atoms with Gasteiger partial charge in [-0.25, -0.2) is 0 Å². The van der Waals surface area contributed by atoms with E-state index in [2.05, 4.69) is 46.6 Å². The topological polar surface area (TPSA) is 51.0 Å². The number of aryl methyl sites for hydroxylation is 3. The first-order chi connectivity index (χ1) is 9.31. The highest BCUT2D eigenvalue weighted by molar-refractivity contribution is 5.21. The molecule has 0 aliphatic carbocycles. The minimum Gasteiger partial charge on any atom is -0.339 e. The number of rotatable bonds is 4. The summed E-state index contributed by atoms with van der Waals surface area (Å²) < 4.78 is 5.32. The maximum absolute atomic E-state index is 5.32. The molecule has 1 atom stereocenters. The van der Waals surface area contributed by atoms with E-state index in [1.54, 1.807) is 0 Å². The van der Waals surface area contributed by atoms with Crippen LogP contribution in [0.1, 0.15) is 41.7 Å². The van der Waals surface area contributed by atoms with E-state index in [9.17, 15) is 0 Å². The van der Waals surface area contributed by atoms with E-state index in [1.165, 1.54) is 17.5 Å². The van der Waals surface area contributed by atoms with Crippen molar-refractivity contribution in [3.05, 3.63) is 47.1 Å². The number of nitrogens with one attached hydrogen (secondary N) is 1. The van der Waals surface area contributed by atoms with Crippen LogP contribution in [-0.2, 0) is 12.8 Å². The Labute approximate surface area is 113 Å². The van der Waals surface area contributed by atoms with Gasteiger partial charge >= 0.3 is 0 Å². The van der Waals surface area contributed by atoms with Crippen molar-refractivity contribution in [1.29, 1.82) is 0 Å². The lowest BCUT2D eigenvalue weighted by Gasteiger charge is -2.01. The van der Waals surface area contributed by atoms with E-state index in [-0.39, 0.29) is 6.04 Å². The average molecular weight is 257 g/mol. The summed E-state index contributed by atoms with van der Waals surface area (Å²) in [6.45, 7) is 3.15. The first-order valence-electron chi connectivity index (χ1n) is 6.93. The number of hydrogen-bond acceptors (Lipinski definition) is 4. The van der Waals surface area contributed by atoms with Gasteiger partial charge in [0.25, 0.3) is 0 Å². The zero-order chi connectivity index (χ0) is 13.1. The van der Waals surface area contributed by atoms with Crippen molar-refractivity contribution in [3.63, 3.8) is 0 Å². The Hall–Kier alpha value is -1.68. The molecule has 0 radical (unpaired) electrons. The van der Waals surface area contributed by atoms with Crippen molar-refractivity contribution in [1.82, 2.24) is 15.5 Å². The molecule has 1 N–H and O–H groups in total. The fourth-order valence-electron chi connectivity index (χ4n) is 2.42. The molecule has 0 spiro atoms. The quantitative estimate of drug-likeness (QED) is 0.914. The smallest absolute Gasteiger partial charge is 0.227 e. The molecule has 2 aromatic rings. The monoisotopic (exact) mass is 257 g/mol. The second-order valence-corrected chi connectivity index (χ2v) is 5.18. The molecular weight excluding hydrogens is 238 g/mol. The molecule has 100 valence electrons. The fourth-order valence-corrected chi connectivity index (χ4v) is 2.42. The highest BCUT2D eigenvalue weighted by Gasteiger charge is 2.21. The van der Waals surface area contributed by atoms with Gasteiger partial charge in [0.15, 0.2) is 5.82 Å². The Balaban J connectivity index is 1.59. The lowest BCUT2D eigenvalue weighted by molar-refractivity contribution is 0.368. The summed E-state index contributed by atoms with van der Waals surface area (Å²) in [5.74, 6) is 1.56. The highest BCUT2D eigenvalue weighted by Crippen LogP contribution is 2.20. The lowest BCUT2D eigenvalue weighted by atomic mass is 10.1. The molecule has 0 bridgehead atoms. The van der Waals surface area contributed by atoms with Gasteiger partial charge in [0.05, 0.1) is 6.04 Å². The predicted molar refractivity (Wildman–Crippen MR) is 72.9 cm³/mol. The van der Waals surface area contributed by atoms with Crippen molar-refractivity contribution in [2.24, 2.45) is 0 Å². The molecule has 0 amide bonds. The van der Waals surface area contributed by atoms with Crippen LogP contribution in [0, 0.1) is 6.92 Å². The van der Waals surface area contributed by atoms with Gasteiger partial charge in [-0.2, -0.15) is 4.98 Å². The maximum atomic E-state index is 5.32. The van der Waals surface area contributed by atoms with Gasteiger partial charge in [0.1, 0.15) is 0 Å². The molecule has 1 saturated heterocycles. The first kappa shape index (κ1) is 12.4. The lowest BCUT2D eigenvalue weighted by Crippen LogP contribution is -2.14. The van der Waals surface area contributed by atoms with Crippen LogP contribution in [0.2, 0.25) is 0 Å². The normalized spacial score (nSPS) is 18.9. The first-order valence-corrected chi connectivity index (χ1v) is 6.93. The third kappa shape index (κ3) is 3.01. The molecule has 1 fully saturated rings. The van der Waals surface area contributed by atoms with E-state index >= 15 is 0 Å². The van der Waals surface area contributed by atoms with Gasteiger partial charge in [-0.05, 0) is 38.3 Å². The molecule has 1 aromatic heterocycles. The van der Waals surface area contributed by atoms with E-state index in [0.717, 1.165) is 37.5 Å². The minimum absolute atomic E-state index is 0.289. The standard InChI is InChI=1S/C15H19N3O/c1-11-4-6-12(7-5-11)8-9-14-17-15(18-19-14)13-3-2-10-16-13/h4-7,13,16H,2-3,8-10H2,1H3. The van der Waals surface area contributed by atoms with Gasteiger partial charge in [-0.15, -0.1) is 0 Å². The van der Waals surface area contributed by atoms with Crippen LogP contribution in [0.25, 0.3) is 0 Å². The summed E-state index contributed by atoms with van der Waals surface area (Å²) in [4.78, 5) is 4.48. The Kier molecular flexibility index (Phi) is 3.60. The summed E-state index contributed by atoms with van der Waals surface area (Å²) in [5.41, 5.74) is 2.60. The van der Waals surface area contributed by atoms with Crippen LogP contribution in [0.4, 0.5) is 0 Å². The molecule has 1 aliphatic rings. The summed E-state index contributed by atoms with van der Waals surface area (Å²) in [5, 5.41) is 7.46. The van der Waals surface area contributed by atoms with Gasteiger partial charge in [-0.1, -0.05) is 35.0 Å². The zero-order valence-electron chi connectivity index (χ0n) is 11.2. The van der Waals surface area contributed by atoms with Crippen LogP contribution in [-0.4, -0.2) is 16.7 Å². The van der Waals surface area contributed by atoms with Crippen molar-refractivity contribution < 1.29 is 4.52 Å². The van der Waals surface area contributed by atoms with Crippen LogP contribution >= 0.6 is 0 Å². The van der Waals surface area contributed by atoms with Crippen LogP contribution in [0.3, 0.4) is 0 Å². The molecule has 0 saturated carbocycles. The van der Waals surface area contributed by atoms with Crippen LogP contribution < -0.4 is 5.32 Å². The molecule has 4 heteroatoms. The Bertz CT molecular complexity index is 527. The largest absolute Gasteiger partial charge is 0.339 e. The van der Waals surface area contributed by atoms with Gasteiger partial charge < -0.3 is 9.84 Å². The Morgan fingerprint density at radius 1 is 1.26 bits per heavy atom. The number of benzene rings is 1. The molecule has 1 aliphatic heterocycles. The summed E-state index contributed by atoms with van der Waals surface area (Å²) >= 11 is 0. The minimum atomic E-state index is 0.289. The fraction of sp³-hybridized carbons (Fsp3) is 0.467. The molecular formula is C15H19N3O. The van der Waals surface area contributed by atoms with Crippen LogP contribution in [0.15, 0.2) is 28.8 Å². The summed E-state index contributed by atoms with van der Waals surface area (Å²) in [6.07, 6.45) is 4.05. The second kappa shape index (κ2) is 5.53. The molecule has 1 unspecified atom stereocenters. The maximum Gasteiger partial charge on any atom is 0.227 e. The third-order valence-corrected chi connectivity index (χ3v) is 3.60. The van der Waals surface area contributed by atoms with Crippen LogP contribution in [0.5, 0.6) is 0 Å². The van der Waals surface area contributed by atoms with Crippen molar-refractivity contribution >= 4 is 0 Å². The van der Waals surface area contributed by atoms with Gasteiger partial charge in [-0.3, -0.25) is 0 Å². The molecule has 1 aromatic carbocycles. The highest BCUT2D eigenvalue weighted by atomic mass is 16.5. The number of nitrogens with zero attached hydrogens (tertiary/aromatic N) is 2. The summed E-state index contributed by atoms with van der Waals surface area (Å²) in [7, 11) is 0. The van der Waals surface area contributed by atoms with Crippen molar-refractivity contribution in [2.45, 2.75) is 38.6 Å². The zero-order valence-corrected chi connectivity index (χ0v) is 11.2. The Morgan fingerprint density at radius 3 is 2.84 bits per heavy atom. The molecule has 3 rings (SSSR count). The van der Waals surface area contributed by atoms with Crippen molar-refractivity contribution in [3.8, 4) is 0 Å². The molecule has 19 heavy (non-hydrogen) atoms. The van der Waals surface area contributed by atoms with Crippen molar-refractivity contribution in [2.75, 3.05) is 6.54 Å². The van der Waals surface area contributed by atoms with Gasteiger partial charge in [0.2, 0.25) is 5.89 Å². The Morgan fingerprint density at radius 2 is 2.11 bits per heavy atom. The van der Waals surface area contributed by atoms with E-state index in [0.29, 0.717) is 0 Å². The molecule has 2 heterocycles. The van der Waals surface area contributed by atoms with E-state index in [1.807, 2.05) is 0 Å². The second-order valence-electron chi connectivity index (χ2n) is 5.18. The number of hydrogen-bond donors (Lipinski definition) is 1. The summed E-state index contributed by atoms with van der Waals surface area (Å²) in [6, 6.07) is 8.88. The average Bonchev–Trinajstić information content (AvgIpc) is 3.09. The SMILES string of the molecule is Cc1ccc(CCc2nc(C3CCCN3)no2)cc1. The third-order valence-electron chi connectivity index (χ3n) is 3.60. The number of aromatic nitrogens is 2. The predicted octanol–water partition coefficient (Wildman–Crippen LogP) is 2.59. The van der Waals surface area contributed by atoms with Gasteiger partial charge in [0, 0.05) is 6.42 Å². The molecule has 4 nitrogen and oxygen atoms in total. The van der Waals surface area contributed by atoms with E-state index < -0.39 is 0 Å². The van der Waals surface area contributed by atoms with E-state index in [4.69, 9.17) is 4.52 Å².